The Kier molecular flexibility index (Phi) is 5.64. The van der Waals surface area contributed by atoms with Crippen LogP contribution in [-0.4, -0.2) is 49.6 Å². The van der Waals surface area contributed by atoms with Gasteiger partial charge in [-0.25, -0.2) is 0 Å². The highest BCUT2D eigenvalue weighted by molar-refractivity contribution is 6.04. The van der Waals surface area contributed by atoms with Crippen LogP contribution in [0.1, 0.15) is 24.2 Å². The van der Waals surface area contributed by atoms with Gasteiger partial charge in [0.2, 0.25) is 5.91 Å². The average Bonchev–Trinajstić information content (AvgIpc) is 2.70. The number of piperazine rings is 1. The third-order valence-corrected chi connectivity index (χ3v) is 4.69. The second kappa shape index (κ2) is 8.12. The number of rotatable bonds is 5. The number of amides is 2. The van der Waals surface area contributed by atoms with Crippen LogP contribution in [0, 0.1) is 0 Å². The van der Waals surface area contributed by atoms with E-state index in [-0.39, 0.29) is 11.8 Å². The van der Waals surface area contributed by atoms with Gasteiger partial charge < -0.3 is 19.3 Å². The van der Waals surface area contributed by atoms with Gasteiger partial charge in [0.25, 0.3) is 5.91 Å². The first-order valence-electron chi connectivity index (χ1n) is 9.05. The van der Waals surface area contributed by atoms with Crippen LogP contribution in [0.25, 0.3) is 0 Å². The lowest BCUT2D eigenvalue weighted by Gasteiger charge is -2.39. The predicted octanol–water partition coefficient (Wildman–Crippen LogP) is 2.97. The number of nitrogens with zero attached hydrogens (tertiary/aromatic N) is 2. The van der Waals surface area contributed by atoms with Gasteiger partial charge in [-0.1, -0.05) is 18.2 Å². The summed E-state index contributed by atoms with van der Waals surface area (Å²) in [4.78, 5) is 29.2. The molecular weight excluding hydrogens is 344 g/mol. The molecule has 2 amide bonds. The van der Waals surface area contributed by atoms with Crippen LogP contribution in [0.4, 0.5) is 5.69 Å². The fourth-order valence-electron chi connectivity index (χ4n) is 3.29. The number of benzene rings is 2. The molecule has 2 aromatic rings. The summed E-state index contributed by atoms with van der Waals surface area (Å²) in [5.41, 5.74) is 1.24. The summed E-state index contributed by atoms with van der Waals surface area (Å²) < 4.78 is 10.8. The molecule has 0 aromatic heterocycles. The highest BCUT2D eigenvalue weighted by atomic mass is 16.5. The van der Waals surface area contributed by atoms with Gasteiger partial charge in [-0.15, -0.1) is 0 Å². The van der Waals surface area contributed by atoms with Crippen LogP contribution >= 0.6 is 0 Å². The summed E-state index contributed by atoms with van der Waals surface area (Å²) in [5.74, 6) is 0.922. The summed E-state index contributed by atoms with van der Waals surface area (Å²) in [6.45, 7) is 5.12. The topological polar surface area (TPSA) is 59.1 Å². The Labute approximate surface area is 159 Å². The number of hydrogen-bond donors (Lipinski definition) is 0. The van der Waals surface area contributed by atoms with E-state index < -0.39 is 6.04 Å². The summed E-state index contributed by atoms with van der Waals surface area (Å²) >= 11 is 0. The number of hydrogen-bond acceptors (Lipinski definition) is 4. The molecule has 0 bridgehead atoms. The molecule has 0 radical (unpaired) electrons. The lowest BCUT2D eigenvalue weighted by molar-refractivity contribution is -0.124. The van der Waals surface area contributed by atoms with Crippen LogP contribution in [0.2, 0.25) is 0 Å². The van der Waals surface area contributed by atoms with E-state index >= 15 is 0 Å². The molecule has 1 heterocycles. The van der Waals surface area contributed by atoms with E-state index in [2.05, 4.69) is 0 Å². The Hall–Kier alpha value is -3.02. The van der Waals surface area contributed by atoms with Crippen LogP contribution in [0.5, 0.6) is 11.5 Å². The second-order valence-electron chi connectivity index (χ2n) is 6.30. The van der Waals surface area contributed by atoms with Crippen molar-refractivity contribution in [2.75, 3.05) is 31.7 Å². The third kappa shape index (κ3) is 3.74. The van der Waals surface area contributed by atoms with E-state index in [1.807, 2.05) is 37.3 Å². The van der Waals surface area contributed by atoms with Gasteiger partial charge >= 0.3 is 0 Å². The van der Waals surface area contributed by atoms with Crippen molar-refractivity contribution in [1.29, 1.82) is 0 Å². The van der Waals surface area contributed by atoms with Crippen LogP contribution in [-0.2, 0) is 4.79 Å². The number of carbonyl (C=O) groups is 2. The number of carbonyl (C=O) groups excluding carboxylic acids is 2. The summed E-state index contributed by atoms with van der Waals surface area (Å²) in [7, 11) is 1.53. The molecular formula is C21H24N2O4. The Balaban J connectivity index is 1.80. The minimum atomic E-state index is -0.563. The predicted molar refractivity (Wildman–Crippen MR) is 103 cm³/mol. The van der Waals surface area contributed by atoms with Gasteiger partial charge in [0.15, 0.2) is 0 Å². The summed E-state index contributed by atoms with van der Waals surface area (Å²) in [6.07, 6.45) is 0. The van der Waals surface area contributed by atoms with Crippen LogP contribution < -0.4 is 14.4 Å². The molecule has 1 unspecified atom stereocenters. The standard InChI is InChI=1S/C21H24N2O4/c1-4-27-17-9-7-8-16(14-17)23-13-12-22(15(2)20(23)24)21(25)18-10-5-6-11-19(18)26-3/h5-11,14-15H,4,12-13H2,1-3H3. The van der Waals surface area contributed by atoms with Crippen molar-refractivity contribution in [2.24, 2.45) is 0 Å². The van der Waals surface area contributed by atoms with E-state index in [1.165, 1.54) is 7.11 Å². The van der Waals surface area contributed by atoms with Crippen molar-refractivity contribution in [3.8, 4) is 11.5 Å². The van der Waals surface area contributed by atoms with Gasteiger partial charge in [0, 0.05) is 24.8 Å². The molecule has 3 rings (SSSR count). The molecule has 6 nitrogen and oxygen atoms in total. The molecule has 27 heavy (non-hydrogen) atoms. The fraction of sp³-hybridized carbons (Fsp3) is 0.333. The third-order valence-electron chi connectivity index (χ3n) is 4.69. The lowest BCUT2D eigenvalue weighted by Crippen LogP contribution is -2.57. The van der Waals surface area contributed by atoms with Gasteiger partial charge in [0.05, 0.1) is 19.3 Å². The lowest BCUT2D eigenvalue weighted by atomic mass is 10.1. The van der Waals surface area contributed by atoms with Gasteiger partial charge in [-0.05, 0) is 38.1 Å². The van der Waals surface area contributed by atoms with Crippen molar-refractivity contribution in [1.82, 2.24) is 4.90 Å². The Morgan fingerprint density at radius 3 is 2.67 bits per heavy atom. The highest BCUT2D eigenvalue weighted by Crippen LogP contribution is 2.27. The molecule has 142 valence electrons. The first-order chi connectivity index (χ1) is 13.1. The normalized spacial score (nSPS) is 17.0. The number of ether oxygens (including phenoxy) is 2. The largest absolute Gasteiger partial charge is 0.496 e. The van der Waals surface area contributed by atoms with E-state index in [9.17, 15) is 9.59 Å². The molecule has 0 N–H and O–H groups in total. The molecule has 1 atom stereocenters. The molecule has 6 heteroatoms. The van der Waals surface area contributed by atoms with Crippen LogP contribution in [0.3, 0.4) is 0 Å². The van der Waals surface area contributed by atoms with Gasteiger partial charge in [0.1, 0.15) is 17.5 Å². The van der Waals surface area contributed by atoms with Crippen molar-refractivity contribution in [3.05, 3.63) is 54.1 Å². The fourth-order valence-corrected chi connectivity index (χ4v) is 3.29. The first-order valence-corrected chi connectivity index (χ1v) is 9.05. The maximum Gasteiger partial charge on any atom is 0.258 e. The van der Waals surface area contributed by atoms with E-state index in [4.69, 9.17) is 9.47 Å². The quantitative estimate of drug-likeness (QED) is 0.814. The monoisotopic (exact) mass is 368 g/mol. The Bertz CT molecular complexity index is 836. The first kappa shape index (κ1) is 18.8. The number of methoxy groups -OCH3 is 1. The van der Waals surface area contributed by atoms with Crippen LogP contribution in [0.15, 0.2) is 48.5 Å². The molecule has 1 aliphatic heterocycles. The van der Waals surface area contributed by atoms with Crippen molar-refractivity contribution < 1.29 is 19.1 Å². The summed E-state index contributed by atoms with van der Waals surface area (Å²) in [5, 5.41) is 0. The average molecular weight is 368 g/mol. The smallest absolute Gasteiger partial charge is 0.258 e. The molecule has 0 saturated carbocycles. The molecule has 1 fully saturated rings. The molecule has 0 aliphatic carbocycles. The molecule has 1 aliphatic rings. The summed E-state index contributed by atoms with van der Waals surface area (Å²) in [6, 6.07) is 14.0. The SMILES string of the molecule is CCOc1cccc(N2CCN(C(=O)c3ccccc3OC)C(C)C2=O)c1. The Morgan fingerprint density at radius 1 is 1.15 bits per heavy atom. The molecule has 1 saturated heterocycles. The number of anilines is 1. The van der Waals surface area contributed by atoms with Crippen molar-refractivity contribution >= 4 is 17.5 Å². The van der Waals surface area contributed by atoms with E-state index in [1.54, 1.807) is 34.9 Å². The van der Waals surface area contributed by atoms with Gasteiger partial charge in [-0.3, -0.25) is 9.59 Å². The number of para-hydroxylation sites is 1. The van der Waals surface area contributed by atoms with Gasteiger partial charge in [-0.2, -0.15) is 0 Å². The minimum Gasteiger partial charge on any atom is -0.496 e. The maximum absolute atomic E-state index is 13.0. The van der Waals surface area contributed by atoms with Crippen molar-refractivity contribution in [2.45, 2.75) is 19.9 Å². The molecule has 2 aromatic carbocycles. The second-order valence-corrected chi connectivity index (χ2v) is 6.30. The zero-order valence-electron chi connectivity index (χ0n) is 15.8. The minimum absolute atomic E-state index is 0.113. The highest BCUT2D eigenvalue weighted by Gasteiger charge is 2.36. The van der Waals surface area contributed by atoms with E-state index in [0.29, 0.717) is 31.0 Å². The Morgan fingerprint density at radius 2 is 1.93 bits per heavy atom. The van der Waals surface area contributed by atoms with Crippen molar-refractivity contribution in [3.63, 3.8) is 0 Å². The molecule has 0 spiro atoms. The van der Waals surface area contributed by atoms with E-state index in [0.717, 1.165) is 11.4 Å². The zero-order chi connectivity index (χ0) is 19.4. The zero-order valence-corrected chi connectivity index (χ0v) is 15.8. The maximum atomic E-state index is 13.0.